The van der Waals surface area contributed by atoms with E-state index in [1.807, 2.05) is 6.21 Å². The van der Waals surface area contributed by atoms with Crippen LogP contribution in [0.15, 0.2) is 10.7 Å². The molecule has 1 radical (unpaired) electrons. The Morgan fingerprint density at radius 2 is 2.75 bits per heavy atom. The lowest BCUT2D eigenvalue weighted by Gasteiger charge is -2.09. The first-order valence-electron chi connectivity index (χ1n) is 4.02. The molecule has 0 spiro atoms. The number of hydrogen-bond acceptors (Lipinski definition) is 4. The van der Waals surface area contributed by atoms with Gasteiger partial charge in [0.05, 0.1) is 31.2 Å². The van der Waals surface area contributed by atoms with Gasteiger partial charge in [-0.3, -0.25) is 4.99 Å². The summed E-state index contributed by atoms with van der Waals surface area (Å²) in [6.45, 7) is 1.85. The third kappa shape index (κ3) is 1.84. The summed E-state index contributed by atoms with van der Waals surface area (Å²) in [5.41, 5.74) is 0.914. The van der Waals surface area contributed by atoms with Crippen molar-refractivity contribution in [1.29, 1.82) is 0 Å². The number of ether oxygens (including phenoxy) is 2. The van der Waals surface area contributed by atoms with Gasteiger partial charge in [0, 0.05) is 12.6 Å². The van der Waals surface area contributed by atoms with Crippen molar-refractivity contribution in [2.24, 2.45) is 4.99 Å². The van der Waals surface area contributed by atoms with Gasteiger partial charge in [-0.05, 0) is 0 Å². The van der Waals surface area contributed by atoms with Gasteiger partial charge >= 0.3 is 0 Å². The second kappa shape index (κ2) is 3.69. The Kier molecular flexibility index (Phi) is 2.39. The first kappa shape index (κ1) is 7.76. The lowest BCUT2D eigenvalue weighted by Crippen LogP contribution is -2.17. The van der Waals surface area contributed by atoms with Crippen molar-refractivity contribution in [2.75, 3.05) is 19.9 Å². The predicted octanol–water partition coefficient (Wildman–Crippen LogP) is 0.0680. The number of aliphatic imine (C=N–C) groups is 1. The van der Waals surface area contributed by atoms with Crippen LogP contribution < -0.4 is 5.32 Å². The topological polar surface area (TPSA) is 42.9 Å². The van der Waals surface area contributed by atoms with Crippen molar-refractivity contribution in [3.8, 4) is 0 Å². The van der Waals surface area contributed by atoms with Gasteiger partial charge in [0.2, 0.25) is 0 Å². The molecule has 0 aromatic carbocycles. The summed E-state index contributed by atoms with van der Waals surface area (Å²) in [6, 6.07) is 0. The van der Waals surface area contributed by atoms with E-state index in [9.17, 15) is 0 Å². The number of nitrogens with one attached hydrogen (secondary N) is 1. The molecule has 4 heteroatoms. The zero-order valence-corrected chi connectivity index (χ0v) is 6.75. The van der Waals surface area contributed by atoms with Gasteiger partial charge in [-0.1, -0.05) is 0 Å². The molecule has 0 aromatic rings. The summed E-state index contributed by atoms with van der Waals surface area (Å²) in [5.74, 6) is 0. The number of nitrogens with zero attached hydrogens (tertiary/aromatic N) is 1. The smallest absolute Gasteiger partial charge is 0.147 e. The van der Waals surface area contributed by atoms with Gasteiger partial charge in [-0.2, -0.15) is 0 Å². The summed E-state index contributed by atoms with van der Waals surface area (Å²) in [6.07, 6.45) is 5.75. The lowest BCUT2D eigenvalue weighted by molar-refractivity contribution is 0.0469. The van der Waals surface area contributed by atoms with Gasteiger partial charge in [0.25, 0.3) is 0 Å². The average molecular weight is 167 g/mol. The number of rotatable bonds is 2. The lowest BCUT2D eigenvalue weighted by atomic mass is 10.2. The molecule has 1 atom stereocenters. The van der Waals surface area contributed by atoms with E-state index in [1.54, 1.807) is 0 Å². The summed E-state index contributed by atoms with van der Waals surface area (Å²) < 4.78 is 10.3. The Labute approximate surface area is 71.3 Å². The van der Waals surface area contributed by atoms with Crippen molar-refractivity contribution < 1.29 is 9.47 Å². The minimum absolute atomic E-state index is 0.157. The standard InChI is InChI=1S/C8H11N2O2/c1-2-10-7(4-9-1)3-8-5-11-6-12-8/h2,8-9H,1,3,5-6H2. The molecule has 1 fully saturated rings. The molecule has 0 bridgehead atoms. The first-order chi connectivity index (χ1) is 5.95. The SMILES string of the molecule is [C]1=C(CC2COCO2)N=CCN1. The van der Waals surface area contributed by atoms with Crippen LogP contribution in [0.4, 0.5) is 0 Å². The van der Waals surface area contributed by atoms with Crippen LogP contribution >= 0.6 is 0 Å². The highest BCUT2D eigenvalue weighted by atomic mass is 16.7. The van der Waals surface area contributed by atoms with Gasteiger partial charge in [-0.25, -0.2) is 0 Å². The third-order valence-corrected chi connectivity index (χ3v) is 1.78. The Balaban J connectivity index is 1.85. The van der Waals surface area contributed by atoms with E-state index in [2.05, 4.69) is 16.5 Å². The molecule has 2 rings (SSSR count). The molecule has 0 aromatic heterocycles. The fraction of sp³-hybridized carbons (Fsp3) is 0.625. The molecule has 0 aliphatic carbocycles. The van der Waals surface area contributed by atoms with Gasteiger partial charge in [-0.15, -0.1) is 0 Å². The van der Waals surface area contributed by atoms with E-state index in [1.165, 1.54) is 0 Å². The fourth-order valence-electron chi connectivity index (χ4n) is 1.20. The second-order valence-electron chi connectivity index (χ2n) is 2.75. The third-order valence-electron chi connectivity index (χ3n) is 1.78. The Morgan fingerprint density at radius 1 is 1.75 bits per heavy atom. The minimum Gasteiger partial charge on any atom is -0.377 e. The van der Waals surface area contributed by atoms with Crippen LogP contribution in [0.25, 0.3) is 0 Å². The van der Waals surface area contributed by atoms with Crippen LogP contribution in [0.5, 0.6) is 0 Å². The molecule has 2 heterocycles. The maximum atomic E-state index is 5.27. The Hall–Kier alpha value is -0.870. The van der Waals surface area contributed by atoms with Crippen molar-refractivity contribution in [3.05, 3.63) is 11.9 Å². The monoisotopic (exact) mass is 167 g/mol. The van der Waals surface area contributed by atoms with Crippen LogP contribution in [-0.4, -0.2) is 32.3 Å². The van der Waals surface area contributed by atoms with Crippen molar-refractivity contribution in [1.82, 2.24) is 5.32 Å². The maximum Gasteiger partial charge on any atom is 0.147 e. The van der Waals surface area contributed by atoms with Crippen LogP contribution in [-0.2, 0) is 9.47 Å². The van der Waals surface area contributed by atoms with Gasteiger partial charge in [0.15, 0.2) is 0 Å². The molecule has 4 nitrogen and oxygen atoms in total. The zero-order valence-electron chi connectivity index (χ0n) is 6.75. The molecule has 0 saturated carbocycles. The van der Waals surface area contributed by atoms with Crippen molar-refractivity contribution in [3.63, 3.8) is 0 Å². The molecule has 1 saturated heterocycles. The maximum absolute atomic E-state index is 5.27. The highest BCUT2D eigenvalue weighted by Crippen LogP contribution is 2.14. The van der Waals surface area contributed by atoms with E-state index < -0.39 is 0 Å². The van der Waals surface area contributed by atoms with Crippen molar-refractivity contribution >= 4 is 6.21 Å². The van der Waals surface area contributed by atoms with E-state index >= 15 is 0 Å². The Morgan fingerprint density at radius 3 is 3.42 bits per heavy atom. The molecule has 1 unspecified atom stereocenters. The summed E-state index contributed by atoms with van der Waals surface area (Å²) in [5, 5.41) is 2.98. The molecular weight excluding hydrogens is 156 g/mol. The predicted molar refractivity (Wildman–Crippen MR) is 43.6 cm³/mol. The molecule has 12 heavy (non-hydrogen) atoms. The minimum atomic E-state index is 0.157. The molecule has 2 aliphatic heterocycles. The highest BCUT2D eigenvalue weighted by Gasteiger charge is 2.17. The largest absolute Gasteiger partial charge is 0.377 e. The molecule has 2 aliphatic rings. The van der Waals surface area contributed by atoms with E-state index in [0.717, 1.165) is 18.7 Å². The van der Waals surface area contributed by atoms with Gasteiger partial charge < -0.3 is 14.8 Å². The van der Waals surface area contributed by atoms with Crippen LogP contribution in [0.3, 0.4) is 0 Å². The molecule has 0 amide bonds. The summed E-state index contributed by atoms with van der Waals surface area (Å²) in [4.78, 5) is 4.18. The van der Waals surface area contributed by atoms with Crippen LogP contribution in [0.1, 0.15) is 6.42 Å². The van der Waals surface area contributed by atoms with Crippen LogP contribution in [0.2, 0.25) is 0 Å². The molecule has 1 N–H and O–H groups in total. The normalized spacial score (nSPS) is 28.3. The molecular formula is C8H11N2O2. The van der Waals surface area contributed by atoms with E-state index in [4.69, 9.17) is 9.47 Å². The van der Waals surface area contributed by atoms with Crippen molar-refractivity contribution in [2.45, 2.75) is 12.5 Å². The first-order valence-corrected chi connectivity index (χ1v) is 4.02. The fourth-order valence-corrected chi connectivity index (χ4v) is 1.20. The van der Waals surface area contributed by atoms with E-state index in [-0.39, 0.29) is 6.10 Å². The molecule has 65 valence electrons. The highest BCUT2D eigenvalue weighted by molar-refractivity contribution is 5.62. The second-order valence-corrected chi connectivity index (χ2v) is 2.75. The van der Waals surface area contributed by atoms with Gasteiger partial charge in [0.1, 0.15) is 6.79 Å². The Bertz CT molecular complexity index is 207. The van der Waals surface area contributed by atoms with Crippen LogP contribution in [0, 0.1) is 6.20 Å². The zero-order chi connectivity index (χ0) is 8.23. The quantitative estimate of drug-likeness (QED) is 0.632. The number of hydrogen-bond donors (Lipinski definition) is 1. The summed E-state index contributed by atoms with van der Waals surface area (Å²) >= 11 is 0. The average Bonchev–Trinajstić information content (AvgIpc) is 2.59. The summed E-state index contributed by atoms with van der Waals surface area (Å²) in [7, 11) is 0. The van der Waals surface area contributed by atoms with E-state index in [0.29, 0.717) is 13.4 Å².